The normalized spacial score (nSPS) is 15.1. The van der Waals surface area contributed by atoms with Crippen LogP contribution < -0.4 is 10.5 Å². The number of hydrogen-bond acceptors (Lipinski definition) is 3. The topological polar surface area (TPSA) is 55.5 Å². The van der Waals surface area contributed by atoms with Gasteiger partial charge >= 0.3 is 0 Å². The van der Waals surface area contributed by atoms with E-state index in [1.54, 1.807) is 0 Å². The molecule has 0 aliphatic heterocycles. The van der Waals surface area contributed by atoms with Gasteiger partial charge in [-0.3, -0.25) is 0 Å². The molecule has 1 unspecified atom stereocenters. The molecule has 0 bridgehead atoms. The summed E-state index contributed by atoms with van der Waals surface area (Å²) in [7, 11) is 0. The maximum absolute atomic E-state index is 9.05. The molecule has 0 amide bonds. The van der Waals surface area contributed by atoms with Crippen molar-refractivity contribution in [1.29, 1.82) is 0 Å². The summed E-state index contributed by atoms with van der Waals surface area (Å²) in [5.74, 6) is 0.885. The zero-order chi connectivity index (χ0) is 14.5. The van der Waals surface area contributed by atoms with Gasteiger partial charge < -0.3 is 15.6 Å². The van der Waals surface area contributed by atoms with Crippen LogP contribution in [0.5, 0.6) is 5.75 Å². The van der Waals surface area contributed by atoms with Crippen LogP contribution in [0.2, 0.25) is 0 Å². The standard InChI is InChI=1S/C16H27NO2/c1-15(2,3)13-6-8-14(9-7-13)19-11-5-10-16(4,17)12-18/h6-9,18H,5,10-12,17H2,1-4H3. The van der Waals surface area contributed by atoms with Crippen LogP contribution >= 0.6 is 0 Å². The van der Waals surface area contributed by atoms with E-state index < -0.39 is 5.54 Å². The number of hydrogen-bond donors (Lipinski definition) is 2. The molecular weight excluding hydrogens is 238 g/mol. The van der Waals surface area contributed by atoms with Gasteiger partial charge in [0.2, 0.25) is 0 Å². The van der Waals surface area contributed by atoms with E-state index >= 15 is 0 Å². The summed E-state index contributed by atoms with van der Waals surface area (Å²) in [4.78, 5) is 0. The van der Waals surface area contributed by atoms with Gasteiger partial charge in [-0.05, 0) is 42.9 Å². The second kappa shape index (κ2) is 6.40. The van der Waals surface area contributed by atoms with Crippen molar-refractivity contribution < 1.29 is 9.84 Å². The number of benzene rings is 1. The van der Waals surface area contributed by atoms with E-state index in [4.69, 9.17) is 15.6 Å². The summed E-state index contributed by atoms with van der Waals surface area (Å²) in [5, 5.41) is 9.05. The first-order valence-corrected chi connectivity index (χ1v) is 6.88. The van der Waals surface area contributed by atoms with Crippen molar-refractivity contribution in [1.82, 2.24) is 0 Å². The van der Waals surface area contributed by atoms with E-state index in [1.165, 1.54) is 5.56 Å². The van der Waals surface area contributed by atoms with Crippen LogP contribution in [0.25, 0.3) is 0 Å². The highest BCUT2D eigenvalue weighted by molar-refractivity contribution is 5.31. The van der Waals surface area contributed by atoms with Gasteiger partial charge in [-0.25, -0.2) is 0 Å². The third-order valence-electron chi connectivity index (χ3n) is 3.24. The largest absolute Gasteiger partial charge is 0.494 e. The van der Waals surface area contributed by atoms with Crippen molar-refractivity contribution in [3.05, 3.63) is 29.8 Å². The number of ether oxygens (including phenoxy) is 1. The molecule has 3 nitrogen and oxygen atoms in total. The van der Waals surface area contributed by atoms with Crippen molar-refractivity contribution in [2.24, 2.45) is 5.73 Å². The van der Waals surface area contributed by atoms with Gasteiger partial charge in [0.1, 0.15) is 5.75 Å². The molecule has 0 aliphatic carbocycles. The van der Waals surface area contributed by atoms with Crippen LogP contribution in [-0.4, -0.2) is 23.9 Å². The van der Waals surface area contributed by atoms with Gasteiger partial charge in [-0.2, -0.15) is 0 Å². The Hall–Kier alpha value is -1.06. The fourth-order valence-corrected chi connectivity index (χ4v) is 1.80. The monoisotopic (exact) mass is 265 g/mol. The van der Waals surface area contributed by atoms with E-state index in [-0.39, 0.29) is 12.0 Å². The van der Waals surface area contributed by atoms with E-state index in [2.05, 4.69) is 32.9 Å². The molecule has 3 N–H and O–H groups in total. The Kier molecular flexibility index (Phi) is 5.39. The number of nitrogens with two attached hydrogens (primary N) is 1. The molecule has 0 fully saturated rings. The highest BCUT2D eigenvalue weighted by Gasteiger charge is 2.16. The second-order valence-corrected chi connectivity index (χ2v) is 6.54. The first-order valence-electron chi connectivity index (χ1n) is 6.88. The Balaban J connectivity index is 2.39. The lowest BCUT2D eigenvalue weighted by atomic mass is 9.87. The molecule has 1 aromatic rings. The number of aliphatic hydroxyl groups excluding tert-OH is 1. The summed E-state index contributed by atoms with van der Waals surface area (Å²) < 4.78 is 5.68. The minimum Gasteiger partial charge on any atom is -0.494 e. The summed E-state index contributed by atoms with van der Waals surface area (Å²) in [6.45, 7) is 9.07. The molecule has 0 saturated heterocycles. The second-order valence-electron chi connectivity index (χ2n) is 6.54. The fourth-order valence-electron chi connectivity index (χ4n) is 1.80. The van der Waals surface area contributed by atoms with Gasteiger partial charge in [-0.15, -0.1) is 0 Å². The van der Waals surface area contributed by atoms with Crippen LogP contribution in [0.15, 0.2) is 24.3 Å². The molecule has 108 valence electrons. The predicted molar refractivity (Wildman–Crippen MR) is 79.5 cm³/mol. The van der Waals surface area contributed by atoms with Crippen molar-refractivity contribution in [3.8, 4) is 5.75 Å². The molecule has 3 heteroatoms. The molecular formula is C16H27NO2. The predicted octanol–water partition coefficient (Wildman–Crippen LogP) is 2.85. The Morgan fingerprint density at radius 2 is 1.68 bits per heavy atom. The van der Waals surface area contributed by atoms with Gasteiger partial charge in [0.25, 0.3) is 0 Å². The Bertz CT molecular complexity index is 377. The molecule has 0 aliphatic rings. The van der Waals surface area contributed by atoms with Crippen LogP contribution in [-0.2, 0) is 5.41 Å². The van der Waals surface area contributed by atoms with Gasteiger partial charge in [0.15, 0.2) is 0 Å². The quantitative estimate of drug-likeness (QED) is 0.778. The SMILES string of the molecule is CC(N)(CO)CCCOc1ccc(C(C)(C)C)cc1. The molecule has 1 atom stereocenters. The maximum atomic E-state index is 9.05. The molecule has 0 aromatic heterocycles. The highest BCUT2D eigenvalue weighted by Crippen LogP contribution is 2.24. The van der Waals surface area contributed by atoms with Crippen LogP contribution in [0, 0.1) is 0 Å². The summed E-state index contributed by atoms with van der Waals surface area (Å²) in [6, 6.07) is 8.23. The lowest BCUT2D eigenvalue weighted by molar-refractivity contribution is 0.188. The zero-order valence-electron chi connectivity index (χ0n) is 12.6. The minimum atomic E-state index is -0.501. The van der Waals surface area contributed by atoms with Gasteiger partial charge in [0.05, 0.1) is 13.2 Å². The average molecular weight is 265 g/mol. The molecule has 0 heterocycles. The average Bonchev–Trinajstić information content (AvgIpc) is 2.34. The summed E-state index contributed by atoms with van der Waals surface area (Å²) in [5.41, 5.74) is 6.83. The number of aliphatic hydroxyl groups is 1. The molecule has 1 rings (SSSR count). The van der Waals surface area contributed by atoms with Gasteiger partial charge in [0, 0.05) is 5.54 Å². The molecule has 19 heavy (non-hydrogen) atoms. The maximum Gasteiger partial charge on any atom is 0.119 e. The van der Waals surface area contributed by atoms with Crippen LogP contribution in [0.1, 0.15) is 46.1 Å². The highest BCUT2D eigenvalue weighted by atomic mass is 16.5. The minimum absolute atomic E-state index is 0.00722. The van der Waals surface area contributed by atoms with E-state index in [0.29, 0.717) is 6.61 Å². The Morgan fingerprint density at radius 3 is 2.16 bits per heavy atom. The third kappa shape index (κ3) is 5.62. The van der Waals surface area contributed by atoms with Crippen molar-refractivity contribution in [2.75, 3.05) is 13.2 Å². The van der Waals surface area contributed by atoms with Gasteiger partial charge in [-0.1, -0.05) is 32.9 Å². The molecule has 1 aromatic carbocycles. The lowest BCUT2D eigenvalue weighted by Crippen LogP contribution is -2.40. The van der Waals surface area contributed by atoms with Crippen molar-refractivity contribution >= 4 is 0 Å². The van der Waals surface area contributed by atoms with E-state index in [9.17, 15) is 0 Å². The third-order valence-corrected chi connectivity index (χ3v) is 3.24. The zero-order valence-corrected chi connectivity index (χ0v) is 12.6. The fraction of sp³-hybridized carbons (Fsp3) is 0.625. The molecule has 0 saturated carbocycles. The first kappa shape index (κ1) is 16.0. The van der Waals surface area contributed by atoms with E-state index in [1.807, 2.05) is 19.1 Å². The van der Waals surface area contributed by atoms with Crippen LogP contribution in [0.4, 0.5) is 0 Å². The van der Waals surface area contributed by atoms with Crippen molar-refractivity contribution in [3.63, 3.8) is 0 Å². The number of rotatable bonds is 6. The summed E-state index contributed by atoms with van der Waals surface area (Å²) >= 11 is 0. The molecule has 0 spiro atoms. The van der Waals surface area contributed by atoms with Crippen molar-refractivity contribution in [2.45, 2.75) is 51.5 Å². The summed E-state index contributed by atoms with van der Waals surface area (Å²) in [6.07, 6.45) is 1.60. The molecule has 0 radical (unpaired) electrons. The van der Waals surface area contributed by atoms with Crippen LogP contribution in [0.3, 0.4) is 0 Å². The first-order chi connectivity index (χ1) is 8.74. The Morgan fingerprint density at radius 1 is 1.11 bits per heavy atom. The lowest BCUT2D eigenvalue weighted by Gasteiger charge is -2.21. The smallest absolute Gasteiger partial charge is 0.119 e. The van der Waals surface area contributed by atoms with E-state index in [0.717, 1.165) is 18.6 Å². The Labute approximate surface area is 116 Å².